The summed E-state index contributed by atoms with van der Waals surface area (Å²) in [7, 11) is 1.93. The van der Waals surface area contributed by atoms with Crippen LogP contribution in [0, 0.1) is 11.8 Å². The molecule has 2 aromatic rings. The van der Waals surface area contributed by atoms with Gasteiger partial charge in [0.25, 0.3) is 0 Å². The van der Waals surface area contributed by atoms with Crippen molar-refractivity contribution in [2.75, 3.05) is 0 Å². The number of carboxylic acid groups (broad SMARTS) is 1. The first-order valence-corrected chi connectivity index (χ1v) is 10.5. The molecule has 0 aromatic carbocycles. The first kappa shape index (κ1) is 19.1. The van der Waals surface area contributed by atoms with Gasteiger partial charge >= 0.3 is 0 Å². The molecule has 4 heterocycles. The highest BCUT2D eigenvalue weighted by molar-refractivity contribution is 8.04. The molecule has 1 fully saturated rings. The summed E-state index contributed by atoms with van der Waals surface area (Å²) in [5.74, 6) is -2.53. The van der Waals surface area contributed by atoms with Crippen LogP contribution in [0.1, 0.15) is 13.8 Å². The third-order valence-electron chi connectivity index (χ3n) is 5.22. The summed E-state index contributed by atoms with van der Waals surface area (Å²) in [5.41, 5.74) is 1.69. The van der Waals surface area contributed by atoms with E-state index in [4.69, 9.17) is 0 Å². The molecule has 1 unspecified atom stereocenters. The number of aryl methyl sites for hydroxylation is 1. The predicted octanol–water partition coefficient (Wildman–Crippen LogP) is 0.546. The first-order valence-electron chi connectivity index (χ1n) is 8.85. The molecule has 1 N–H and O–H groups in total. The standard InChI is InChI=1S/C19H19N3O4S2/c1-9-14-13(10(2)23)17(24)22(14)15(18(25)26)16(9)28-19-20-12(8-27-19)11-5-4-6-21(3)7-11/h4-10,13-14,23H,1-3H3/t9-,10?,13-,14-/m1/s1. The minimum atomic E-state index is -1.37. The summed E-state index contributed by atoms with van der Waals surface area (Å²) in [4.78, 5) is 30.6. The van der Waals surface area contributed by atoms with E-state index in [1.165, 1.54) is 28.0 Å². The van der Waals surface area contributed by atoms with E-state index in [0.717, 1.165) is 11.3 Å². The van der Waals surface area contributed by atoms with Crippen LogP contribution in [0.4, 0.5) is 0 Å². The molecule has 28 heavy (non-hydrogen) atoms. The number of rotatable bonds is 5. The van der Waals surface area contributed by atoms with Crippen molar-refractivity contribution in [1.82, 2.24) is 9.88 Å². The van der Waals surface area contributed by atoms with E-state index in [0.29, 0.717) is 9.24 Å². The average molecular weight is 418 g/mol. The molecule has 2 aromatic heterocycles. The maximum atomic E-state index is 12.4. The van der Waals surface area contributed by atoms with Crippen LogP contribution in [0.5, 0.6) is 0 Å². The van der Waals surface area contributed by atoms with Crippen molar-refractivity contribution < 1.29 is 24.4 Å². The van der Waals surface area contributed by atoms with Crippen molar-refractivity contribution in [3.8, 4) is 11.3 Å². The number of nitrogens with zero attached hydrogens (tertiary/aromatic N) is 3. The van der Waals surface area contributed by atoms with Crippen LogP contribution in [-0.2, 0) is 16.6 Å². The number of carbonyl (C=O) groups excluding carboxylic acids is 2. The van der Waals surface area contributed by atoms with Gasteiger partial charge in [-0.3, -0.25) is 4.79 Å². The van der Waals surface area contributed by atoms with E-state index in [2.05, 4.69) is 4.98 Å². The SMILES string of the molecule is CC(O)[C@H]1C(=O)N2C(C(=O)[O-])=C(Sc3nc(-c4ccc[n+](C)c4)cs3)[C@H](C)[C@H]12. The fourth-order valence-electron chi connectivity index (χ4n) is 3.92. The highest BCUT2D eigenvalue weighted by Crippen LogP contribution is 2.52. The lowest BCUT2D eigenvalue weighted by molar-refractivity contribution is -0.671. The third-order valence-corrected chi connectivity index (χ3v) is 7.44. The number of aromatic nitrogens is 2. The normalized spacial score (nSPS) is 24.9. The van der Waals surface area contributed by atoms with E-state index >= 15 is 0 Å². The van der Waals surface area contributed by atoms with E-state index < -0.39 is 18.0 Å². The maximum absolute atomic E-state index is 12.4. The van der Waals surface area contributed by atoms with Gasteiger partial charge in [-0.2, -0.15) is 0 Å². The zero-order chi connectivity index (χ0) is 20.2. The molecule has 0 radical (unpaired) electrons. The van der Waals surface area contributed by atoms with Gasteiger partial charge in [-0.05, 0) is 13.0 Å². The van der Waals surface area contributed by atoms with Crippen molar-refractivity contribution >= 4 is 35.0 Å². The number of pyridine rings is 1. The molecule has 7 nitrogen and oxygen atoms in total. The quantitative estimate of drug-likeness (QED) is 0.564. The highest BCUT2D eigenvalue weighted by atomic mass is 32.2. The van der Waals surface area contributed by atoms with Crippen LogP contribution in [0.15, 0.2) is 44.8 Å². The number of aliphatic carboxylic acids is 1. The van der Waals surface area contributed by atoms with Crippen LogP contribution in [0.3, 0.4) is 0 Å². The zero-order valence-electron chi connectivity index (χ0n) is 15.5. The van der Waals surface area contributed by atoms with Gasteiger partial charge in [0.15, 0.2) is 16.7 Å². The van der Waals surface area contributed by atoms with Crippen LogP contribution < -0.4 is 9.67 Å². The molecule has 9 heteroatoms. The maximum Gasteiger partial charge on any atom is 0.235 e. The summed E-state index contributed by atoms with van der Waals surface area (Å²) < 4.78 is 2.63. The lowest BCUT2D eigenvalue weighted by atomic mass is 9.79. The van der Waals surface area contributed by atoms with E-state index in [9.17, 15) is 19.8 Å². The molecule has 1 amide bonds. The zero-order valence-corrected chi connectivity index (χ0v) is 17.2. The Morgan fingerprint density at radius 1 is 1.50 bits per heavy atom. The van der Waals surface area contributed by atoms with Crippen molar-refractivity contribution in [3.05, 3.63) is 40.5 Å². The van der Waals surface area contributed by atoms with Crippen molar-refractivity contribution in [2.24, 2.45) is 18.9 Å². The number of aliphatic hydroxyl groups excluding tert-OH is 1. The number of aliphatic hydroxyl groups is 1. The van der Waals surface area contributed by atoms with Gasteiger partial charge in [-0.15, -0.1) is 11.3 Å². The van der Waals surface area contributed by atoms with Crippen molar-refractivity contribution in [2.45, 2.75) is 30.3 Å². The third kappa shape index (κ3) is 2.94. The van der Waals surface area contributed by atoms with Gasteiger partial charge in [0.2, 0.25) is 5.91 Å². The number of hydrogen-bond donors (Lipinski definition) is 1. The van der Waals surface area contributed by atoms with Crippen LogP contribution in [0.2, 0.25) is 0 Å². The molecule has 0 spiro atoms. The molecular formula is C19H19N3O4S2. The van der Waals surface area contributed by atoms with Gasteiger partial charge in [-0.1, -0.05) is 18.7 Å². The van der Waals surface area contributed by atoms with Gasteiger partial charge in [0, 0.05) is 22.3 Å². The Morgan fingerprint density at radius 3 is 2.89 bits per heavy atom. The van der Waals surface area contributed by atoms with Crippen LogP contribution in [-0.4, -0.2) is 39.0 Å². The summed E-state index contributed by atoms with van der Waals surface area (Å²) in [6.45, 7) is 3.44. The molecule has 4 rings (SSSR count). The van der Waals surface area contributed by atoms with Gasteiger partial charge in [0.05, 0.1) is 41.0 Å². The summed E-state index contributed by atoms with van der Waals surface area (Å²) in [5, 5.41) is 23.6. The lowest BCUT2D eigenvalue weighted by Gasteiger charge is -2.47. The van der Waals surface area contributed by atoms with Crippen LogP contribution in [0.25, 0.3) is 11.3 Å². The fourth-order valence-corrected chi connectivity index (χ4v) is 6.01. The van der Waals surface area contributed by atoms with Crippen molar-refractivity contribution in [1.29, 1.82) is 0 Å². The first-order chi connectivity index (χ1) is 13.3. The average Bonchev–Trinajstić information content (AvgIpc) is 3.18. The van der Waals surface area contributed by atoms with Gasteiger partial charge in [-0.25, -0.2) is 9.55 Å². The molecule has 146 valence electrons. The molecule has 1 saturated heterocycles. The second-order valence-corrected chi connectivity index (χ2v) is 9.26. The summed E-state index contributed by atoms with van der Waals surface area (Å²) in [6, 6.07) is 3.55. The number of β-lactam (4-membered cyclic amide) rings is 1. The Hall–Kier alpha value is -2.23. The number of thioether (sulfide) groups is 1. The molecule has 0 saturated carbocycles. The number of carboxylic acids is 1. The number of hydrogen-bond acceptors (Lipinski definition) is 7. The van der Waals surface area contributed by atoms with E-state index in [1.54, 1.807) is 6.92 Å². The second kappa shape index (κ2) is 6.98. The van der Waals surface area contributed by atoms with E-state index in [-0.39, 0.29) is 23.6 Å². The monoisotopic (exact) mass is 417 g/mol. The second-order valence-electron chi connectivity index (χ2n) is 7.11. The predicted molar refractivity (Wildman–Crippen MR) is 102 cm³/mol. The molecule has 2 aliphatic rings. The smallest absolute Gasteiger partial charge is 0.235 e. The molecule has 2 aliphatic heterocycles. The Morgan fingerprint density at radius 2 is 2.25 bits per heavy atom. The Labute approximate surface area is 170 Å². The number of thiazole rings is 1. The minimum absolute atomic E-state index is 0.0905. The minimum Gasteiger partial charge on any atom is -0.543 e. The fraction of sp³-hybridized carbons (Fsp3) is 0.368. The Balaban J connectivity index is 1.64. The molecule has 0 aliphatic carbocycles. The van der Waals surface area contributed by atoms with Gasteiger partial charge in [0.1, 0.15) is 7.05 Å². The largest absolute Gasteiger partial charge is 0.543 e. The Bertz CT molecular complexity index is 1000. The lowest BCUT2D eigenvalue weighted by Crippen LogP contribution is -2.64. The topological polar surface area (TPSA) is 97.4 Å². The molecular weight excluding hydrogens is 398 g/mol. The van der Waals surface area contributed by atoms with Crippen LogP contribution >= 0.6 is 23.1 Å². The Kier molecular flexibility index (Phi) is 4.76. The number of carbonyl (C=O) groups is 2. The summed E-state index contributed by atoms with van der Waals surface area (Å²) >= 11 is 2.69. The van der Waals surface area contributed by atoms with E-state index in [1.807, 2.05) is 48.4 Å². The molecule has 0 bridgehead atoms. The number of amides is 1. The van der Waals surface area contributed by atoms with Gasteiger partial charge < -0.3 is 19.9 Å². The van der Waals surface area contributed by atoms with Crippen molar-refractivity contribution in [3.63, 3.8) is 0 Å². The summed E-state index contributed by atoms with van der Waals surface area (Å²) in [6.07, 6.45) is 3.07. The highest BCUT2D eigenvalue weighted by Gasteiger charge is 2.58. The molecule has 4 atom stereocenters. The number of fused-ring (bicyclic) bond motifs is 1.